The van der Waals surface area contributed by atoms with Crippen LogP contribution in [0.3, 0.4) is 0 Å². The van der Waals surface area contributed by atoms with Crippen LogP contribution in [-0.4, -0.2) is 57.8 Å². The minimum atomic E-state index is -0.825. The molecule has 2 fully saturated rings. The molecule has 2 aliphatic heterocycles. The van der Waals surface area contributed by atoms with Crippen LogP contribution in [0.25, 0.3) is 0 Å². The largest absolute Gasteiger partial charge is 0.444 e. The van der Waals surface area contributed by atoms with E-state index >= 15 is 0 Å². The molecule has 1 spiro atoms. The molecular weight excluding hydrogens is 356 g/mol. The molecule has 3 rings (SSSR count). The Balaban J connectivity index is 1.73. The van der Waals surface area contributed by atoms with E-state index < -0.39 is 28.3 Å². The molecule has 3 heterocycles. The van der Waals surface area contributed by atoms with Crippen molar-refractivity contribution in [3.05, 3.63) is 28.4 Å². The Bertz CT molecular complexity index is 760. The third-order valence-corrected chi connectivity index (χ3v) is 4.39. The Hall–Kier alpha value is -2.91. The number of carbonyl (C=O) groups excluding carboxylic acids is 2. The average Bonchev–Trinajstić information content (AvgIpc) is 2.89. The van der Waals surface area contributed by atoms with Crippen molar-refractivity contribution in [3.63, 3.8) is 0 Å². The first-order chi connectivity index (χ1) is 12.6. The molecule has 27 heavy (non-hydrogen) atoms. The number of nitro groups is 1. The Kier molecular flexibility index (Phi) is 4.66. The average molecular weight is 378 g/mol. The number of hydrogen-bond donors (Lipinski definition) is 0. The number of rotatable bonds is 2. The summed E-state index contributed by atoms with van der Waals surface area (Å²) in [6.07, 6.45) is 1.57. The maximum Gasteiger partial charge on any atom is 0.415 e. The molecule has 10 nitrogen and oxygen atoms in total. The van der Waals surface area contributed by atoms with Crippen LogP contribution < -0.4 is 4.90 Å². The van der Waals surface area contributed by atoms with Crippen LogP contribution in [-0.2, 0) is 9.47 Å². The van der Waals surface area contributed by atoms with Gasteiger partial charge in [-0.15, -0.1) is 0 Å². The van der Waals surface area contributed by atoms with Gasteiger partial charge in [0.25, 0.3) is 0 Å². The molecule has 0 saturated carbocycles. The number of anilines is 1. The van der Waals surface area contributed by atoms with E-state index in [1.807, 2.05) is 0 Å². The number of ether oxygens (including phenoxy) is 2. The minimum Gasteiger partial charge on any atom is -0.444 e. The molecular formula is C17H22N4O6. The van der Waals surface area contributed by atoms with Gasteiger partial charge in [-0.25, -0.2) is 9.59 Å². The SMILES string of the molecule is CC(C)(C)OC(=O)N1CCCC2(C1)CN(c1ccc([N+](=O)[O-])nc1)C(=O)O2. The predicted octanol–water partition coefficient (Wildman–Crippen LogP) is 2.72. The molecule has 2 amide bonds. The van der Waals surface area contributed by atoms with Crippen molar-refractivity contribution in [2.45, 2.75) is 44.8 Å². The molecule has 1 aromatic heterocycles. The summed E-state index contributed by atoms with van der Waals surface area (Å²) < 4.78 is 11.0. The summed E-state index contributed by atoms with van der Waals surface area (Å²) in [5, 5.41) is 10.7. The van der Waals surface area contributed by atoms with Crippen molar-refractivity contribution in [3.8, 4) is 0 Å². The van der Waals surface area contributed by atoms with Crippen LogP contribution in [0, 0.1) is 10.1 Å². The van der Waals surface area contributed by atoms with Gasteiger partial charge >= 0.3 is 18.0 Å². The Labute approximate surface area is 156 Å². The van der Waals surface area contributed by atoms with Gasteiger partial charge in [0.1, 0.15) is 11.2 Å². The highest BCUT2D eigenvalue weighted by Gasteiger charge is 2.49. The van der Waals surface area contributed by atoms with Gasteiger partial charge in [0.2, 0.25) is 0 Å². The molecule has 1 unspecified atom stereocenters. The van der Waals surface area contributed by atoms with Crippen molar-refractivity contribution in [2.75, 3.05) is 24.5 Å². The first kappa shape index (κ1) is 18.9. The zero-order valence-electron chi connectivity index (χ0n) is 15.5. The lowest BCUT2D eigenvalue weighted by Gasteiger charge is -2.38. The van der Waals surface area contributed by atoms with E-state index in [4.69, 9.17) is 9.47 Å². The lowest BCUT2D eigenvalue weighted by molar-refractivity contribution is -0.389. The quantitative estimate of drug-likeness (QED) is 0.574. The molecule has 2 saturated heterocycles. The van der Waals surface area contributed by atoms with Gasteiger partial charge < -0.3 is 24.5 Å². The smallest absolute Gasteiger partial charge is 0.415 e. The van der Waals surface area contributed by atoms with Gasteiger partial charge in [-0.05, 0) is 49.6 Å². The summed E-state index contributed by atoms with van der Waals surface area (Å²) in [6, 6.07) is 2.70. The van der Waals surface area contributed by atoms with Crippen LogP contribution in [0.5, 0.6) is 0 Å². The Morgan fingerprint density at radius 2 is 2.11 bits per heavy atom. The first-order valence-electron chi connectivity index (χ1n) is 8.67. The van der Waals surface area contributed by atoms with Crippen LogP contribution in [0.15, 0.2) is 18.3 Å². The molecule has 0 bridgehead atoms. The third-order valence-electron chi connectivity index (χ3n) is 4.39. The maximum absolute atomic E-state index is 12.4. The monoisotopic (exact) mass is 378 g/mol. The summed E-state index contributed by atoms with van der Waals surface area (Å²) >= 11 is 0. The second-order valence-electron chi connectivity index (χ2n) is 7.77. The molecule has 2 aliphatic rings. The van der Waals surface area contributed by atoms with Crippen molar-refractivity contribution in [2.24, 2.45) is 0 Å². The Morgan fingerprint density at radius 1 is 1.37 bits per heavy atom. The van der Waals surface area contributed by atoms with Gasteiger partial charge in [0.15, 0.2) is 6.20 Å². The van der Waals surface area contributed by atoms with E-state index in [1.54, 1.807) is 25.7 Å². The number of piperidine rings is 1. The van der Waals surface area contributed by atoms with Crippen LogP contribution in [0.4, 0.5) is 21.1 Å². The van der Waals surface area contributed by atoms with Gasteiger partial charge in [-0.3, -0.25) is 4.90 Å². The predicted molar refractivity (Wildman–Crippen MR) is 94.5 cm³/mol. The molecule has 0 radical (unpaired) electrons. The number of carbonyl (C=O) groups is 2. The van der Waals surface area contributed by atoms with Gasteiger partial charge in [0.05, 0.1) is 18.8 Å². The highest BCUT2D eigenvalue weighted by molar-refractivity contribution is 5.90. The number of aromatic nitrogens is 1. The van der Waals surface area contributed by atoms with Crippen LogP contribution >= 0.6 is 0 Å². The van der Waals surface area contributed by atoms with Crippen LogP contribution in [0.1, 0.15) is 33.6 Å². The number of amides is 2. The topological polar surface area (TPSA) is 115 Å². The van der Waals surface area contributed by atoms with Gasteiger partial charge in [0, 0.05) is 12.6 Å². The van der Waals surface area contributed by atoms with E-state index in [0.717, 1.165) is 0 Å². The maximum atomic E-state index is 12.4. The van der Waals surface area contributed by atoms with E-state index in [2.05, 4.69) is 4.98 Å². The minimum absolute atomic E-state index is 0.241. The molecule has 146 valence electrons. The Morgan fingerprint density at radius 3 is 2.70 bits per heavy atom. The van der Waals surface area contributed by atoms with Crippen molar-refractivity contribution in [1.82, 2.24) is 9.88 Å². The normalized spacial score (nSPS) is 22.7. The lowest BCUT2D eigenvalue weighted by atomic mass is 9.93. The van der Waals surface area contributed by atoms with Crippen molar-refractivity contribution in [1.29, 1.82) is 0 Å². The fourth-order valence-electron chi connectivity index (χ4n) is 3.26. The summed E-state index contributed by atoms with van der Waals surface area (Å²) in [5.41, 5.74) is -1.02. The highest BCUT2D eigenvalue weighted by atomic mass is 16.6. The van der Waals surface area contributed by atoms with Crippen molar-refractivity contribution < 1.29 is 24.0 Å². The first-order valence-corrected chi connectivity index (χ1v) is 8.67. The lowest BCUT2D eigenvalue weighted by Crippen LogP contribution is -2.53. The van der Waals surface area contributed by atoms with Crippen molar-refractivity contribution >= 4 is 23.7 Å². The number of hydrogen-bond acceptors (Lipinski definition) is 7. The van der Waals surface area contributed by atoms with E-state index in [9.17, 15) is 19.7 Å². The fourth-order valence-corrected chi connectivity index (χ4v) is 3.26. The summed E-state index contributed by atoms with van der Waals surface area (Å²) in [5.74, 6) is -0.296. The molecule has 1 aromatic rings. The molecule has 0 N–H and O–H groups in total. The summed E-state index contributed by atoms with van der Waals surface area (Å²) in [6.45, 7) is 6.40. The summed E-state index contributed by atoms with van der Waals surface area (Å²) in [4.78, 5) is 41.5. The second kappa shape index (κ2) is 6.67. The summed E-state index contributed by atoms with van der Waals surface area (Å²) in [7, 11) is 0. The van der Waals surface area contributed by atoms with E-state index in [1.165, 1.54) is 23.2 Å². The van der Waals surface area contributed by atoms with Crippen LogP contribution in [0.2, 0.25) is 0 Å². The third kappa shape index (κ3) is 4.09. The number of nitrogens with zero attached hydrogens (tertiary/aromatic N) is 4. The number of pyridine rings is 1. The standard InChI is InChI=1S/C17H22N4O6/c1-16(2,3)26-14(22)19-8-4-7-17(10-19)11-20(15(23)27-17)12-5-6-13(18-9-12)21(24)25/h5-6,9H,4,7-8,10-11H2,1-3H3. The molecule has 10 heteroatoms. The zero-order valence-corrected chi connectivity index (χ0v) is 15.5. The van der Waals surface area contributed by atoms with Gasteiger partial charge in [-0.1, -0.05) is 0 Å². The number of likely N-dealkylation sites (tertiary alicyclic amines) is 1. The second-order valence-corrected chi connectivity index (χ2v) is 7.77. The fraction of sp³-hybridized carbons (Fsp3) is 0.588. The van der Waals surface area contributed by atoms with Gasteiger partial charge in [-0.2, -0.15) is 0 Å². The molecule has 0 aliphatic carbocycles. The zero-order chi connectivity index (χ0) is 19.8. The molecule has 0 aromatic carbocycles. The highest BCUT2D eigenvalue weighted by Crippen LogP contribution is 2.35. The van der Waals surface area contributed by atoms with E-state index in [-0.39, 0.29) is 18.9 Å². The molecule has 1 atom stereocenters. The van der Waals surface area contributed by atoms with E-state index in [0.29, 0.717) is 25.1 Å².